The zero-order valence-corrected chi connectivity index (χ0v) is 12.1. The van der Waals surface area contributed by atoms with Gasteiger partial charge in [-0.2, -0.15) is 0 Å². The van der Waals surface area contributed by atoms with Crippen molar-refractivity contribution in [3.05, 3.63) is 52.7 Å². The SMILES string of the molecule is O=S(=O)(NCCc1ccc(Cl)cc1)c1ccc(CO)o1. The molecular formula is C13H14ClNO4S. The van der Waals surface area contributed by atoms with E-state index >= 15 is 0 Å². The quantitative estimate of drug-likeness (QED) is 0.854. The molecular weight excluding hydrogens is 302 g/mol. The molecule has 7 heteroatoms. The summed E-state index contributed by atoms with van der Waals surface area (Å²) in [7, 11) is -3.68. The number of halogens is 1. The van der Waals surface area contributed by atoms with E-state index in [9.17, 15) is 8.42 Å². The van der Waals surface area contributed by atoms with Crippen molar-refractivity contribution in [2.24, 2.45) is 0 Å². The molecule has 2 N–H and O–H groups in total. The Labute approximate surface area is 122 Å². The lowest BCUT2D eigenvalue weighted by molar-refractivity contribution is 0.236. The highest BCUT2D eigenvalue weighted by molar-refractivity contribution is 7.89. The standard InChI is InChI=1S/C13H14ClNO4S/c14-11-3-1-10(2-4-11)7-8-15-20(17,18)13-6-5-12(9-16)19-13/h1-6,15-16H,7-9H2. The van der Waals surface area contributed by atoms with Gasteiger partial charge in [-0.3, -0.25) is 0 Å². The molecule has 1 aromatic heterocycles. The first-order valence-corrected chi connectivity index (χ1v) is 7.81. The number of sulfonamides is 1. The first-order valence-electron chi connectivity index (χ1n) is 5.95. The van der Waals surface area contributed by atoms with Crippen LogP contribution in [0, 0.1) is 0 Å². The maximum Gasteiger partial charge on any atom is 0.273 e. The largest absolute Gasteiger partial charge is 0.446 e. The van der Waals surface area contributed by atoms with Crippen molar-refractivity contribution in [1.82, 2.24) is 4.72 Å². The lowest BCUT2D eigenvalue weighted by atomic mass is 10.2. The number of rotatable bonds is 6. The summed E-state index contributed by atoms with van der Waals surface area (Å²) in [6.45, 7) is -0.0839. The predicted octanol–water partition coefficient (Wildman–Crippen LogP) is 1.95. The zero-order chi connectivity index (χ0) is 14.6. The van der Waals surface area contributed by atoms with Gasteiger partial charge in [-0.15, -0.1) is 0 Å². The molecule has 0 unspecified atom stereocenters. The molecule has 5 nitrogen and oxygen atoms in total. The summed E-state index contributed by atoms with van der Waals surface area (Å²) in [4.78, 5) is 0. The maximum absolute atomic E-state index is 11.9. The van der Waals surface area contributed by atoms with Crippen LogP contribution in [0.5, 0.6) is 0 Å². The van der Waals surface area contributed by atoms with Gasteiger partial charge in [-0.25, -0.2) is 13.1 Å². The number of nitrogens with one attached hydrogen (secondary N) is 1. The van der Waals surface area contributed by atoms with Crippen LogP contribution in [-0.2, 0) is 23.1 Å². The Morgan fingerprint density at radius 1 is 1.15 bits per heavy atom. The van der Waals surface area contributed by atoms with E-state index in [0.717, 1.165) is 5.56 Å². The Hall–Kier alpha value is -1.34. The van der Waals surface area contributed by atoms with E-state index in [0.29, 0.717) is 11.4 Å². The van der Waals surface area contributed by atoms with E-state index in [-0.39, 0.29) is 24.0 Å². The van der Waals surface area contributed by atoms with Gasteiger partial charge in [0.2, 0.25) is 5.09 Å². The molecule has 0 amide bonds. The smallest absolute Gasteiger partial charge is 0.273 e. The van der Waals surface area contributed by atoms with E-state index in [1.54, 1.807) is 12.1 Å². The van der Waals surface area contributed by atoms with Crippen molar-refractivity contribution in [1.29, 1.82) is 0 Å². The van der Waals surface area contributed by atoms with E-state index in [1.165, 1.54) is 12.1 Å². The summed E-state index contributed by atoms with van der Waals surface area (Å²) in [5.74, 6) is 0.211. The molecule has 0 fully saturated rings. The second-order valence-corrected chi connectivity index (χ2v) is 6.29. The first-order chi connectivity index (χ1) is 9.51. The van der Waals surface area contributed by atoms with Gasteiger partial charge in [0.15, 0.2) is 0 Å². The van der Waals surface area contributed by atoms with Gasteiger partial charge in [-0.1, -0.05) is 23.7 Å². The molecule has 0 aliphatic rings. The minimum absolute atomic E-state index is 0.197. The molecule has 2 aromatic rings. The van der Waals surface area contributed by atoms with Crippen LogP contribution in [0.25, 0.3) is 0 Å². The summed E-state index contributed by atoms with van der Waals surface area (Å²) in [6.07, 6.45) is 0.546. The van der Waals surface area contributed by atoms with Gasteiger partial charge >= 0.3 is 0 Å². The van der Waals surface area contributed by atoms with Gasteiger partial charge in [0, 0.05) is 11.6 Å². The third kappa shape index (κ3) is 3.83. The second kappa shape index (κ2) is 6.41. The molecule has 0 atom stereocenters. The Morgan fingerprint density at radius 3 is 2.45 bits per heavy atom. The minimum atomic E-state index is -3.68. The fourth-order valence-corrected chi connectivity index (χ4v) is 2.74. The van der Waals surface area contributed by atoms with Crippen LogP contribution < -0.4 is 4.72 Å². The van der Waals surface area contributed by atoms with Gasteiger partial charge in [0.25, 0.3) is 10.0 Å². The first kappa shape index (κ1) is 15.1. The van der Waals surface area contributed by atoms with Crippen molar-refractivity contribution in [2.45, 2.75) is 18.1 Å². The third-order valence-electron chi connectivity index (χ3n) is 2.68. The second-order valence-electron chi connectivity index (χ2n) is 4.15. The average Bonchev–Trinajstić information content (AvgIpc) is 2.90. The van der Waals surface area contributed by atoms with Crippen LogP contribution in [0.4, 0.5) is 0 Å². The lowest BCUT2D eigenvalue weighted by Gasteiger charge is -2.04. The van der Waals surface area contributed by atoms with Crippen molar-refractivity contribution >= 4 is 21.6 Å². The fraction of sp³-hybridized carbons (Fsp3) is 0.231. The summed E-state index contributed by atoms with van der Waals surface area (Å²) in [5, 5.41) is 9.29. The summed E-state index contributed by atoms with van der Waals surface area (Å²) in [6, 6.07) is 9.93. The van der Waals surface area contributed by atoms with Gasteiger partial charge in [-0.05, 0) is 36.2 Å². The summed E-state index contributed by atoms with van der Waals surface area (Å²) in [5.41, 5.74) is 0.979. The highest BCUT2D eigenvalue weighted by atomic mass is 35.5. The molecule has 1 heterocycles. The van der Waals surface area contributed by atoms with Crippen molar-refractivity contribution in [2.75, 3.05) is 6.54 Å². The van der Waals surface area contributed by atoms with Gasteiger partial charge in [0.05, 0.1) is 0 Å². The van der Waals surface area contributed by atoms with Gasteiger partial charge in [0.1, 0.15) is 12.4 Å². The van der Waals surface area contributed by atoms with E-state index < -0.39 is 10.0 Å². The number of aliphatic hydroxyl groups excluding tert-OH is 1. The molecule has 1 aromatic carbocycles. The molecule has 0 saturated heterocycles. The molecule has 108 valence electrons. The minimum Gasteiger partial charge on any atom is -0.446 e. The zero-order valence-electron chi connectivity index (χ0n) is 10.5. The third-order valence-corrected chi connectivity index (χ3v) is 4.26. The van der Waals surface area contributed by atoms with E-state index in [1.807, 2.05) is 12.1 Å². The van der Waals surface area contributed by atoms with E-state index in [2.05, 4.69) is 4.72 Å². The molecule has 0 bridgehead atoms. The van der Waals surface area contributed by atoms with Crippen LogP contribution in [0.1, 0.15) is 11.3 Å². The Bertz CT molecular complexity index is 664. The van der Waals surface area contributed by atoms with Crippen LogP contribution in [0.15, 0.2) is 45.9 Å². The molecule has 0 spiro atoms. The summed E-state index contributed by atoms with van der Waals surface area (Å²) < 4.78 is 31.2. The number of hydrogen-bond acceptors (Lipinski definition) is 4. The number of aliphatic hydroxyl groups is 1. The van der Waals surface area contributed by atoms with Crippen LogP contribution in [0.2, 0.25) is 5.02 Å². The normalized spacial score (nSPS) is 11.7. The highest BCUT2D eigenvalue weighted by Crippen LogP contribution is 2.14. The van der Waals surface area contributed by atoms with Gasteiger partial charge < -0.3 is 9.52 Å². The van der Waals surface area contributed by atoms with Crippen LogP contribution in [0.3, 0.4) is 0 Å². The maximum atomic E-state index is 11.9. The highest BCUT2D eigenvalue weighted by Gasteiger charge is 2.17. The predicted molar refractivity (Wildman–Crippen MR) is 75.0 cm³/mol. The van der Waals surface area contributed by atoms with Crippen molar-refractivity contribution in [3.8, 4) is 0 Å². The fourth-order valence-electron chi connectivity index (χ4n) is 1.64. The Morgan fingerprint density at radius 2 is 1.85 bits per heavy atom. The molecule has 2 rings (SSSR count). The van der Waals surface area contributed by atoms with Crippen molar-refractivity contribution in [3.63, 3.8) is 0 Å². The molecule has 0 aliphatic carbocycles. The lowest BCUT2D eigenvalue weighted by Crippen LogP contribution is -2.25. The number of benzene rings is 1. The topological polar surface area (TPSA) is 79.5 Å². The average molecular weight is 316 g/mol. The Balaban J connectivity index is 1.94. The summed E-state index contributed by atoms with van der Waals surface area (Å²) >= 11 is 5.77. The molecule has 0 aliphatic heterocycles. The monoisotopic (exact) mass is 315 g/mol. The van der Waals surface area contributed by atoms with Crippen LogP contribution in [-0.4, -0.2) is 20.1 Å². The van der Waals surface area contributed by atoms with Crippen molar-refractivity contribution < 1.29 is 17.9 Å². The van der Waals surface area contributed by atoms with E-state index in [4.69, 9.17) is 21.1 Å². The molecule has 0 saturated carbocycles. The molecule has 0 radical (unpaired) electrons. The molecule has 20 heavy (non-hydrogen) atoms. The Kier molecular flexibility index (Phi) is 4.82. The number of furan rings is 1. The number of hydrogen-bond donors (Lipinski definition) is 2. The van der Waals surface area contributed by atoms with Crippen LogP contribution >= 0.6 is 11.6 Å².